The summed E-state index contributed by atoms with van der Waals surface area (Å²) >= 11 is 3.07. The Morgan fingerprint density at radius 2 is 2.24 bits per heavy atom. The largest absolute Gasteiger partial charge is 0.397 e. The van der Waals surface area contributed by atoms with Crippen molar-refractivity contribution in [3.8, 4) is 0 Å². The van der Waals surface area contributed by atoms with E-state index < -0.39 is 10.8 Å². The van der Waals surface area contributed by atoms with Crippen LogP contribution in [0.3, 0.4) is 0 Å². The molecule has 1 rings (SSSR count). The molecule has 0 aliphatic rings. The number of hydrogen-bond acceptors (Lipinski definition) is 3. The maximum atomic E-state index is 13.3. The molecule has 2 atom stereocenters. The monoisotopic (exact) mass is 322 g/mol. The van der Waals surface area contributed by atoms with Gasteiger partial charge in [-0.3, -0.25) is 4.21 Å². The first-order valence-electron chi connectivity index (χ1n) is 5.21. The van der Waals surface area contributed by atoms with Crippen LogP contribution in [0.4, 0.5) is 15.8 Å². The van der Waals surface area contributed by atoms with Crippen molar-refractivity contribution in [2.24, 2.45) is 0 Å². The SMILES string of the molecule is CC(CCS(C)=O)Nc1cc(F)c(Br)cc1N. The lowest BCUT2D eigenvalue weighted by Gasteiger charge is -2.16. The van der Waals surface area contributed by atoms with Crippen molar-refractivity contribution in [1.29, 1.82) is 0 Å². The molecule has 1 aromatic carbocycles. The fraction of sp³-hybridized carbons (Fsp3) is 0.455. The number of rotatable bonds is 5. The van der Waals surface area contributed by atoms with E-state index in [1.807, 2.05) is 6.92 Å². The summed E-state index contributed by atoms with van der Waals surface area (Å²) in [4.78, 5) is 0. The third-order valence-corrected chi connectivity index (χ3v) is 3.75. The summed E-state index contributed by atoms with van der Waals surface area (Å²) in [6.45, 7) is 1.95. The van der Waals surface area contributed by atoms with Gasteiger partial charge in [0.15, 0.2) is 0 Å². The smallest absolute Gasteiger partial charge is 0.139 e. The van der Waals surface area contributed by atoms with Gasteiger partial charge in [0.25, 0.3) is 0 Å². The van der Waals surface area contributed by atoms with Gasteiger partial charge < -0.3 is 11.1 Å². The third kappa shape index (κ3) is 4.63. The lowest BCUT2D eigenvalue weighted by atomic mass is 10.2. The van der Waals surface area contributed by atoms with Crippen molar-refractivity contribution in [3.63, 3.8) is 0 Å². The normalized spacial score (nSPS) is 14.4. The number of hydrogen-bond donors (Lipinski definition) is 2. The number of nitrogens with two attached hydrogens (primary N) is 1. The van der Waals surface area contributed by atoms with Crippen molar-refractivity contribution in [2.45, 2.75) is 19.4 Å². The van der Waals surface area contributed by atoms with E-state index in [1.165, 1.54) is 12.1 Å². The van der Waals surface area contributed by atoms with Crippen molar-refractivity contribution < 1.29 is 8.60 Å². The first-order chi connectivity index (χ1) is 7.90. The topological polar surface area (TPSA) is 55.1 Å². The van der Waals surface area contributed by atoms with Gasteiger partial charge in [-0.25, -0.2) is 4.39 Å². The molecule has 96 valence electrons. The number of anilines is 2. The van der Waals surface area contributed by atoms with Gasteiger partial charge in [0, 0.05) is 34.9 Å². The molecule has 6 heteroatoms. The molecular formula is C11H16BrFN2OS. The summed E-state index contributed by atoms with van der Waals surface area (Å²) in [7, 11) is -0.810. The molecule has 0 fully saturated rings. The molecule has 1 aromatic rings. The van der Waals surface area contributed by atoms with Gasteiger partial charge in [0.1, 0.15) is 5.82 Å². The average Bonchev–Trinajstić information content (AvgIpc) is 2.23. The number of halogens is 2. The summed E-state index contributed by atoms with van der Waals surface area (Å²) in [6, 6.07) is 2.99. The molecule has 0 aliphatic carbocycles. The molecule has 0 radical (unpaired) electrons. The minimum absolute atomic E-state index is 0.0989. The van der Waals surface area contributed by atoms with Crippen LogP contribution in [0.1, 0.15) is 13.3 Å². The number of nitrogens with one attached hydrogen (secondary N) is 1. The molecule has 17 heavy (non-hydrogen) atoms. The van der Waals surface area contributed by atoms with E-state index in [4.69, 9.17) is 5.73 Å². The van der Waals surface area contributed by atoms with E-state index in [9.17, 15) is 8.60 Å². The summed E-state index contributed by atoms with van der Waals surface area (Å²) in [6.07, 6.45) is 2.42. The third-order valence-electron chi connectivity index (χ3n) is 2.33. The van der Waals surface area contributed by atoms with Crippen LogP contribution in [0.2, 0.25) is 0 Å². The second-order valence-corrected chi connectivity index (χ2v) is 6.37. The van der Waals surface area contributed by atoms with E-state index in [0.717, 1.165) is 6.42 Å². The van der Waals surface area contributed by atoms with E-state index in [-0.39, 0.29) is 11.9 Å². The van der Waals surface area contributed by atoms with E-state index in [2.05, 4.69) is 21.2 Å². The summed E-state index contributed by atoms with van der Waals surface area (Å²) in [5.41, 5.74) is 6.83. The van der Waals surface area contributed by atoms with Crippen LogP contribution in [-0.4, -0.2) is 22.3 Å². The Hall–Kier alpha value is -0.620. The summed E-state index contributed by atoms with van der Waals surface area (Å²) in [5.74, 6) is 0.264. The second-order valence-electron chi connectivity index (χ2n) is 3.96. The van der Waals surface area contributed by atoms with E-state index in [0.29, 0.717) is 21.6 Å². The molecule has 0 saturated carbocycles. The highest BCUT2D eigenvalue weighted by atomic mass is 79.9. The minimum atomic E-state index is -0.810. The van der Waals surface area contributed by atoms with Gasteiger partial charge in [-0.2, -0.15) is 0 Å². The highest BCUT2D eigenvalue weighted by molar-refractivity contribution is 9.10. The highest BCUT2D eigenvalue weighted by Gasteiger charge is 2.09. The quantitative estimate of drug-likeness (QED) is 0.819. The Bertz CT molecular complexity index is 428. The number of benzene rings is 1. The van der Waals surface area contributed by atoms with Crippen molar-refractivity contribution in [1.82, 2.24) is 0 Å². The van der Waals surface area contributed by atoms with Crippen LogP contribution in [0, 0.1) is 5.82 Å². The van der Waals surface area contributed by atoms with Crippen LogP contribution < -0.4 is 11.1 Å². The van der Waals surface area contributed by atoms with Gasteiger partial charge in [-0.05, 0) is 35.3 Å². The first kappa shape index (κ1) is 14.4. The predicted octanol–water partition coefficient (Wildman–Crippen LogP) is 2.74. The maximum Gasteiger partial charge on any atom is 0.139 e. The molecule has 0 spiro atoms. The molecule has 3 nitrogen and oxygen atoms in total. The van der Waals surface area contributed by atoms with Crippen LogP contribution in [0.15, 0.2) is 16.6 Å². The lowest BCUT2D eigenvalue weighted by molar-refractivity contribution is 0.621. The Morgan fingerprint density at radius 1 is 1.59 bits per heavy atom. The van der Waals surface area contributed by atoms with Crippen molar-refractivity contribution in [3.05, 3.63) is 22.4 Å². The fourth-order valence-corrected chi connectivity index (χ4v) is 2.41. The van der Waals surface area contributed by atoms with Gasteiger partial charge in [0.05, 0.1) is 15.8 Å². The molecule has 0 aromatic heterocycles. The summed E-state index contributed by atoms with van der Waals surface area (Å²) in [5, 5.41) is 3.11. The molecule has 0 amide bonds. The van der Waals surface area contributed by atoms with E-state index >= 15 is 0 Å². The highest BCUT2D eigenvalue weighted by Crippen LogP contribution is 2.27. The molecule has 2 unspecified atom stereocenters. The minimum Gasteiger partial charge on any atom is -0.397 e. The molecule has 0 aliphatic heterocycles. The van der Waals surface area contributed by atoms with E-state index in [1.54, 1.807) is 6.26 Å². The van der Waals surface area contributed by atoms with Crippen LogP contribution in [0.5, 0.6) is 0 Å². The van der Waals surface area contributed by atoms with Gasteiger partial charge in [-0.15, -0.1) is 0 Å². The van der Waals surface area contributed by atoms with Crippen molar-refractivity contribution in [2.75, 3.05) is 23.1 Å². The Labute approximate surface area is 112 Å². The average molecular weight is 323 g/mol. The zero-order valence-corrected chi connectivity index (χ0v) is 12.2. The molecule has 0 saturated heterocycles. The lowest BCUT2D eigenvalue weighted by Crippen LogP contribution is -2.18. The Morgan fingerprint density at radius 3 is 2.82 bits per heavy atom. The first-order valence-corrected chi connectivity index (χ1v) is 7.73. The van der Waals surface area contributed by atoms with Crippen LogP contribution in [0.25, 0.3) is 0 Å². The van der Waals surface area contributed by atoms with Gasteiger partial charge in [0.2, 0.25) is 0 Å². The van der Waals surface area contributed by atoms with Crippen LogP contribution in [-0.2, 0) is 10.8 Å². The zero-order chi connectivity index (χ0) is 13.0. The maximum absolute atomic E-state index is 13.3. The Balaban J connectivity index is 2.68. The molecular weight excluding hydrogens is 307 g/mol. The van der Waals surface area contributed by atoms with Gasteiger partial charge in [-0.1, -0.05) is 0 Å². The summed E-state index contributed by atoms with van der Waals surface area (Å²) < 4.78 is 24.6. The van der Waals surface area contributed by atoms with Crippen LogP contribution >= 0.6 is 15.9 Å². The standard InChI is InChI=1S/C11H16BrFN2OS/c1-7(3-4-17(2)16)15-11-6-9(13)8(12)5-10(11)14/h5-7,15H,3-4,14H2,1-2H3. The molecule has 3 N–H and O–H groups in total. The molecule has 0 bridgehead atoms. The predicted molar refractivity (Wildman–Crippen MR) is 75.1 cm³/mol. The molecule has 0 heterocycles. The fourth-order valence-electron chi connectivity index (χ4n) is 1.37. The second kappa shape index (κ2) is 6.35. The Kier molecular flexibility index (Phi) is 5.39. The van der Waals surface area contributed by atoms with Gasteiger partial charge >= 0.3 is 0 Å². The zero-order valence-electron chi connectivity index (χ0n) is 9.80. The number of nitrogen functional groups attached to an aromatic ring is 1. The van der Waals surface area contributed by atoms with Crippen molar-refractivity contribution >= 4 is 38.1 Å².